The summed E-state index contributed by atoms with van der Waals surface area (Å²) in [6.07, 6.45) is 1.76. The predicted octanol–water partition coefficient (Wildman–Crippen LogP) is 4.10. The molecule has 0 unspecified atom stereocenters. The second-order valence-electron chi connectivity index (χ2n) is 4.57. The molecule has 0 atom stereocenters. The van der Waals surface area contributed by atoms with Crippen LogP contribution in [0.3, 0.4) is 0 Å². The lowest BCUT2D eigenvalue weighted by Gasteiger charge is -2.06. The maximum absolute atomic E-state index is 6.20. The molecular weight excluding hydrogens is 443 g/mol. The fourth-order valence-electron chi connectivity index (χ4n) is 2.17. The third kappa shape index (κ3) is 2.69. The van der Waals surface area contributed by atoms with Crippen LogP contribution in [0.1, 0.15) is 0 Å². The van der Waals surface area contributed by atoms with Gasteiger partial charge in [0.1, 0.15) is 11.5 Å². The highest BCUT2D eigenvalue weighted by atomic mass is 127. The number of benzene rings is 1. The minimum Gasteiger partial charge on any atom is -0.383 e. The average molecular weight is 455 g/mol. The number of aromatic nitrogens is 3. The van der Waals surface area contributed by atoms with Crippen LogP contribution in [-0.4, -0.2) is 14.8 Å². The van der Waals surface area contributed by atoms with Crippen LogP contribution >= 0.6 is 38.5 Å². The van der Waals surface area contributed by atoms with Crippen LogP contribution in [0.2, 0.25) is 0 Å². The monoisotopic (exact) mass is 454 g/mol. The Morgan fingerprint density at radius 2 is 2.05 bits per heavy atom. The summed E-state index contributed by atoms with van der Waals surface area (Å²) in [4.78, 5) is 4.41. The molecule has 3 aromatic rings. The number of hydrogen-bond donors (Lipinski definition) is 1. The molecule has 0 aliphatic carbocycles. The van der Waals surface area contributed by atoms with Gasteiger partial charge in [-0.15, -0.1) is 0 Å². The standard InChI is InChI=1S/C15H12BrIN4/c1-21-15(18)13(12-4-2-3-7-19-12)14(20-21)10-8-9(17)5-6-11(10)16/h2-8H,18H2,1H3. The number of pyridine rings is 1. The van der Waals surface area contributed by atoms with Crippen LogP contribution in [0.4, 0.5) is 5.82 Å². The summed E-state index contributed by atoms with van der Waals surface area (Å²) in [5, 5.41) is 4.58. The summed E-state index contributed by atoms with van der Waals surface area (Å²) in [5.41, 5.74) is 9.73. The molecule has 3 rings (SSSR count). The first-order valence-electron chi connectivity index (χ1n) is 6.27. The second kappa shape index (κ2) is 5.76. The zero-order valence-electron chi connectivity index (χ0n) is 11.2. The Kier molecular flexibility index (Phi) is 3.99. The molecule has 1 aromatic carbocycles. The van der Waals surface area contributed by atoms with Crippen LogP contribution in [0, 0.1) is 3.57 Å². The molecule has 0 bridgehead atoms. The van der Waals surface area contributed by atoms with Gasteiger partial charge in [-0.05, 0) is 52.9 Å². The van der Waals surface area contributed by atoms with Crippen LogP contribution in [0.25, 0.3) is 22.5 Å². The van der Waals surface area contributed by atoms with Crippen molar-refractivity contribution in [1.29, 1.82) is 0 Å². The first-order valence-corrected chi connectivity index (χ1v) is 8.14. The molecule has 4 nitrogen and oxygen atoms in total. The molecule has 0 radical (unpaired) electrons. The topological polar surface area (TPSA) is 56.7 Å². The molecule has 6 heteroatoms. The van der Waals surface area contributed by atoms with Gasteiger partial charge in [-0.3, -0.25) is 9.67 Å². The van der Waals surface area contributed by atoms with Crippen molar-refractivity contribution in [3.05, 3.63) is 50.6 Å². The molecule has 0 amide bonds. The molecule has 0 saturated heterocycles. The van der Waals surface area contributed by atoms with Crippen molar-refractivity contribution < 1.29 is 0 Å². The highest BCUT2D eigenvalue weighted by Crippen LogP contribution is 2.38. The number of aryl methyl sites for hydroxylation is 1. The van der Waals surface area contributed by atoms with E-state index in [4.69, 9.17) is 5.73 Å². The van der Waals surface area contributed by atoms with Gasteiger partial charge in [-0.25, -0.2) is 0 Å². The number of nitrogens with zero attached hydrogens (tertiary/aromatic N) is 3. The number of nitrogens with two attached hydrogens (primary N) is 1. The first kappa shape index (κ1) is 14.5. The van der Waals surface area contributed by atoms with Crippen molar-refractivity contribution in [1.82, 2.24) is 14.8 Å². The van der Waals surface area contributed by atoms with Gasteiger partial charge in [-0.2, -0.15) is 5.10 Å². The highest BCUT2D eigenvalue weighted by molar-refractivity contribution is 14.1. The smallest absolute Gasteiger partial charge is 0.131 e. The van der Waals surface area contributed by atoms with E-state index in [0.717, 1.165) is 30.6 Å². The molecule has 0 saturated carbocycles. The highest BCUT2D eigenvalue weighted by Gasteiger charge is 2.20. The van der Waals surface area contributed by atoms with Gasteiger partial charge >= 0.3 is 0 Å². The van der Waals surface area contributed by atoms with Crippen molar-refractivity contribution in [2.45, 2.75) is 0 Å². The van der Waals surface area contributed by atoms with E-state index in [1.807, 2.05) is 37.4 Å². The van der Waals surface area contributed by atoms with Crippen molar-refractivity contribution >= 4 is 44.3 Å². The van der Waals surface area contributed by atoms with E-state index in [-0.39, 0.29) is 0 Å². The molecule has 2 heterocycles. The molecule has 0 aliphatic rings. The number of anilines is 1. The Balaban J connectivity index is 2.29. The third-order valence-corrected chi connectivity index (χ3v) is 4.56. The number of halogens is 2. The van der Waals surface area contributed by atoms with Crippen molar-refractivity contribution in [2.75, 3.05) is 5.73 Å². The molecule has 2 aromatic heterocycles. The molecule has 0 fully saturated rings. The molecule has 0 aliphatic heterocycles. The van der Waals surface area contributed by atoms with E-state index in [1.165, 1.54) is 0 Å². The lowest BCUT2D eigenvalue weighted by atomic mass is 10.0. The SMILES string of the molecule is Cn1nc(-c2cc(I)ccc2Br)c(-c2ccccn2)c1N. The van der Waals surface area contributed by atoms with Crippen molar-refractivity contribution in [3.8, 4) is 22.5 Å². The quantitative estimate of drug-likeness (QED) is 0.593. The van der Waals surface area contributed by atoms with Crippen molar-refractivity contribution in [3.63, 3.8) is 0 Å². The van der Waals surface area contributed by atoms with Gasteiger partial charge in [0.2, 0.25) is 0 Å². The van der Waals surface area contributed by atoms with Crippen LogP contribution in [0.5, 0.6) is 0 Å². The third-order valence-electron chi connectivity index (χ3n) is 3.20. The second-order valence-corrected chi connectivity index (χ2v) is 6.67. The van der Waals surface area contributed by atoms with E-state index >= 15 is 0 Å². The summed E-state index contributed by atoms with van der Waals surface area (Å²) in [7, 11) is 1.84. The maximum atomic E-state index is 6.20. The van der Waals surface area contributed by atoms with E-state index < -0.39 is 0 Å². The summed E-state index contributed by atoms with van der Waals surface area (Å²) in [6, 6.07) is 11.9. The molecule has 106 valence electrons. The first-order chi connectivity index (χ1) is 10.1. The molecule has 0 spiro atoms. The van der Waals surface area contributed by atoms with Gasteiger partial charge in [0, 0.05) is 26.9 Å². The molecule has 21 heavy (non-hydrogen) atoms. The van der Waals surface area contributed by atoms with Crippen LogP contribution in [0.15, 0.2) is 47.1 Å². The van der Waals surface area contributed by atoms with E-state index in [0.29, 0.717) is 5.82 Å². The lowest BCUT2D eigenvalue weighted by Crippen LogP contribution is -1.98. The Morgan fingerprint density at radius 3 is 2.76 bits per heavy atom. The maximum Gasteiger partial charge on any atom is 0.131 e. The molecular formula is C15H12BrIN4. The summed E-state index contributed by atoms with van der Waals surface area (Å²) >= 11 is 5.88. The van der Waals surface area contributed by atoms with E-state index in [9.17, 15) is 0 Å². The Bertz CT molecular complexity index is 799. The minimum absolute atomic E-state index is 0.606. The summed E-state index contributed by atoms with van der Waals surface area (Å²) in [5.74, 6) is 0.606. The van der Waals surface area contributed by atoms with Crippen LogP contribution < -0.4 is 5.73 Å². The zero-order chi connectivity index (χ0) is 15.0. The Labute approximate surface area is 144 Å². The lowest BCUT2D eigenvalue weighted by molar-refractivity contribution is 0.782. The Morgan fingerprint density at radius 1 is 1.24 bits per heavy atom. The van der Waals surface area contributed by atoms with Gasteiger partial charge in [0.05, 0.1) is 11.3 Å². The normalized spacial score (nSPS) is 10.8. The fraction of sp³-hybridized carbons (Fsp3) is 0.0667. The zero-order valence-corrected chi connectivity index (χ0v) is 15.0. The van der Waals surface area contributed by atoms with E-state index in [1.54, 1.807) is 10.9 Å². The summed E-state index contributed by atoms with van der Waals surface area (Å²) in [6.45, 7) is 0. The average Bonchev–Trinajstić information content (AvgIpc) is 2.78. The van der Waals surface area contributed by atoms with Crippen molar-refractivity contribution in [2.24, 2.45) is 7.05 Å². The van der Waals surface area contributed by atoms with Gasteiger partial charge < -0.3 is 5.73 Å². The summed E-state index contributed by atoms with van der Waals surface area (Å²) < 4.78 is 3.81. The predicted molar refractivity (Wildman–Crippen MR) is 96.7 cm³/mol. The molecule has 2 N–H and O–H groups in total. The van der Waals surface area contributed by atoms with E-state index in [2.05, 4.69) is 54.7 Å². The minimum atomic E-state index is 0.606. The number of hydrogen-bond acceptors (Lipinski definition) is 3. The largest absolute Gasteiger partial charge is 0.383 e. The van der Waals surface area contributed by atoms with Crippen LogP contribution in [-0.2, 0) is 7.05 Å². The Hall–Kier alpha value is -1.41. The van der Waals surface area contributed by atoms with Gasteiger partial charge in [0.25, 0.3) is 0 Å². The number of nitrogen functional groups attached to an aromatic ring is 1. The van der Waals surface area contributed by atoms with Gasteiger partial charge in [-0.1, -0.05) is 22.0 Å². The fourth-order valence-corrected chi connectivity index (χ4v) is 3.09. The van der Waals surface area contributed by atoms with Gasteiger partial charge in [0.15, 0.2) is 0 Å². The number of rotatable bonds is 2.